The molecule has 6 heteroatoms. The molecule has 0 spiro atoms. The molecule has 114 valence electrons. The molecule has 3 nitrogen and oxygen atoms in total. The standard InChI is InChI=1S/C15H17F3N2O/c1-14(2,3)20-9-11(13(21)15(16,17)18)12(19-20)10-7-5-4-6-8-10/h4-9,12,19H,1-3H3. The van der Waals surface area contributed by atoms with Gasteiger partial charge in [0.15, 0.2) is 0 Å². The molecule has 2 rings (SSSR count). The second-order valence-corrected chi connectivity index (χ2v) is 5.92. The van der Waals surface area contributed by atoms with E-state index in [0.717, 1.165) is 0 Å². The van der Waals surface area contributed by atoms with E-state index in [4.69, 9.17) is 0 Å². The molecule has 0 aliphatic carbocycles. The van der Waals surface area contributed by atoms with E-state index in [-0.39, 0.29) is 5.57 Å². The van der Waals surface area contributed by atoms with Crippen molar-refractivity contribution < 1.29 is 18.0 Å². The molecule has 1 aromatic carbocycles. The number of alkyl halides is 3. The van der Waals surface area contributed by atoms with Crippen LogP contribution in [0.1, 0.15) is 32.4 Å². The molecule has 0 saturated carbocycles. The van der Waals surface area contributed by atoms with Gasteiger partial charge in [-0.3, -0.25) is 4.79 Å². The molecule has 0 fully saturated rings. The lowest BCUT2D eigenvalue weighted by Gasteiger charge is -2.33. The number of hydrogen-bond donors (Lipinski definition) is 1. The van der Waals surface area contributed by atoms with Gasteiger partial charge < -0.3 is 5.01 Å². The van der Waals surface area contributed by atoms with Gasteiger partial charge in [-0.05, 0) is 26.3 Å². The Morgan fingerprint density at radius 3 is 2.19 bits per heavy atom. The average molecular weight is 298 g/mol. The van der Waals surface area contributed by atoms with Crippen LogP contribution in [-0.4, -0.2) is 22.5 Å². The van der Waals surface area contributed by atoms with Crippen molar-refractivity contribution in [3.63, 3.8) is 0 Å². The van der Waals surface area contributed by atoms with Crippen LogP contribution in [-0.2, 0) is 4.79 Å². The van der Waals surface area contributed by atoms with E-state index in [1.54, 1.807) is 35.3 Å². The lowest BCUT2D eigenvalue weighted by atomic mass is 9.97. The lowest BCUT2D eigenvalue weighted by molar-refractivity contribution is -0.166. The van der Waals surface area contributed by atoms with Crippen molar-refractivity contribution in [1.29, 1.82) is 0 Å². The van der Waals surface area contributed by atoms with E-state index in [1.165, 1.54) is 6.20 Å². The summed E-state index contributed by atoms with van der Waals surface area (Å²) in [6.45, 7) is 5.54. The predicted octanol–water partition coefficient (Wildman–Crippen LogP) is 3.36. The number of Topliss-reactive ketones (excluding diaryl/α,β-unsaturated/α-hetero) is 1. The summed E-state index contributed by atoms with van der Waals surface area (Å²) >= 11 is 0. The third-order valence-electron chi connectivity index (χ3n) is 3.22. The van der Waals surface area contributed by atoms with Crippen LogP contribution >= 0.6 is 0 Å². The quantitative estimate of drug-likeness (QED) is 0.908. The van der Waals surface area contributed by atoms with Crippen LogP contribution in [0.2, 0.25) is 0 Å². The Bertz CT molecular complexity index is 559. The van der Waals surface area contributed by atoms with Gasteiger partial charge in [-0.15, -0.1) is 0 Å². The highest BCUT2D eigenvalue weighted by atomic mass is 19.4. The number of halogens is 3. The number of rotatable bonds is 2. The summed E-state index contributed by atoms with van der Waals surface area (Å²) in [5.74, 6) is -1.81. The van der Waals surface area contributed by atoms with Crippen molar-refractivity contribution in [1.82, 2.24) is 10.4 Å². The molecule has 1 aliphatic heterocycles. The first-order valence-corrected chi connectivity index (χ1v) is 6.54. The molecule has 0 radical (unpaired) electrons. The van der Waals surface area contributed by atoms with Gasteiger partial charge in [0.05, 0.1) is 6.04 Å². The fourth-order valence-corrected chi connectivity index (χ4v) is 2.10. The van der Waals surface area contributed by atoms with E-state index in [9.17, 15) is 18.0 Å². The van der Waals surface area contributed by atoms with Gasteiger partial charge in [0.25, 0.3) is 5.78 Å². The molecule has 1 aliphatic rings. The van der Waals surface area contributed by atoms with Gasteiger partial charge in [0.1, 0.15) is 0 Å². The molecule has 0 amide bonds. The fourth-order valence-electron chi connectivity index (χ4n) is 2.10. The summed E-state index contributed by atoms with van der Waals surface area (Å²) in [6.07, 6.45) is -3.62. The van der Waals surface area contributed by atoms with Crippen molar-refractivity contribution in [2.24, 2.45) is 0 Å². The van der Waals surface area contributed by atoms with Crippen molar-refractivity contribution in [3.8, 4) is 0 Å². The Kier molecular flexibility index (Phi) is 3.84. The zero-order valence-electron chi connectivity index (χ0n) is 12.0. The third-order valence-corrected chi connectivity index (χ3v) is 3.22. The first-order chi connectivity index (χ1) is 9.60. The van der Waals surface area contributed by atoms with Crippen molar-refractivity contribution in [3.05, 3.63) is 47.7 Å². The van der Waals surface area contributed by atoms with Crippen LogP contribution in [0.3, 0.4) is 0 Å². The number of carbonyl (C=O) groups excluding carboxylic acids is 1. The maximum absolute atomic E-state index is 12.8. The molecule has 21 heavy (non-hydrogen) atoms. The Morgan fingerprint density at radius 2 is 1.71 bits per heavy atom. The number of carbonyl (C=O) groups is 1. The Hall–Kier alpha value is -1.82. The fraction of sp³-hybridized carbons (Fsp3) is 0.400. The third kappa shape index (κ3) is 3.26. The molecule has 0 saturated heterocycles. The van der Waals surface area contributed by atoms with E-state index in [2.05, 4.69) is 5.43 Å². The summed E-state index contributed by atoms with van der Waals surface area (Å²) in [5.41, 5.74) is 2.86. The van der Waals surface area contributed by atoms with Crippen LogP contribution < -0.4 is 5.43 Å². The van der Waals surface area contributed by atoms with E-state index >= 15 is 0 Å². The van der Waals surface area contributed by atoms with Crippen LogP contribution in [0, 0.1) is 0 Å². The summed E-state index contributed by atoms with van der Waals surface area (Å²) < 4.78 is 38.3. The van der Waals surface area contributed by atoms with Gasteiger partial charge in [0, 0.05) is 17.3 Å². The van der Waals surface area contributed by atoms with Gasteiger partial charge in [-0.1, -0.05) is 30.3 Å². The first kappa shape index (κ1) is 15.6. The van der Waals surface area contributed by atoms with Crippen LogP contribution in [0.5, 0.6) is 0 Å². The maximum atomic E-state index is 12.8. The number of hydrazine groups is 1. The second-order valence-electron chi connectivity index (χ2n) is 5.92. The molecule has 0 aromatic heterocycles. The number of nitrogens with zero attached hydrogens (tertiary/aromatic N) is 1. The molecule has 1 N–H and O–H groups in total. The first-order valence-electron chi connectivity index (χ1n) is 6.54. The van der Waals surface area contributed by atoms with Crippen molar-refractivity contribution in [2.75, 3.05) is 0 Å². The summed E-state index contributed by atoms with van der Waals surface area (Å²) in [7, 11) is 0. The smallest absolute Gasteiger partial charge is 0.309 e. The lowest BCUT2D eigenvalue weighted by Crippen LogP contribution is -2.44. The second kappa shape index (κ2) is 5.18. The number of ketones is 1. The molecule has 1 atom stereocenters. The molecule has 1 aromatic rings. The molecule has 1 heterocycles. The normalized spacial score (nSPS) is 19.6. The minimum Gasteiger partial charge on any atom is -0.309 e. The highest BCUT2D eigenvalue weighted by Gasteiger charge is 2.46. The monoisotopic (exact) mass is 298 g/mol. The number of hydrogen-bond acceptors (Lipinski definition) is 3. The van der Waals surface area contributed by atoms with Crippen LogP contribution in [0.15, 0.2) is 42.1 Å². The highest BCUT2D eigenvalue weighted by Crippen LogP contribution is 2.35. The minimum absolute atomic E-state index is 0.288. The average Bonchev–Trinajstić information content (AvgIpc) is 2.82. The minimum atomic E-state index is -4.88. The predicted molar refractivity (Wildman–Crippen MR) is 73.1 cm³/mol. The van der Waals surface area contributed by atoms with Crippen LogP contribution in [0.25, 0.3) is 0 Å². The zero-order valence-corrected chi connectivity index (χ0v) is 12.0. The number of nitrogens with one attached hydrogen (secondary N) is 1. The van der Waals surface area contributed by atoms with Crippen molar-refractivity contribution >= 4 is 5.78 Å². The highest BCUT2D eigenvalue weighted by molar-refractivity contribution is 6.01. The number of benzene rings is 1. The molecule has 0 bridgehead atoms. The van der Waals surface area contributed by atoms with Crippen LogP contribution in [0.4, 0.5) is 13.2 Å². The van der Waals surface area contributed by atoms with Crippen molar-refractivity contribution in [2.45, 2.75) is 38.5 Å². The summed E-state index contributed by atoms with van der Waals surface area (Å²) in [6, 6.07) is 7.83. The van der Waals surface area contributed by atoms with E-state index in [0.29, 0.717) is 5.56 Å². The van der Waals surface area contributed by atoms with E-state index < -0.39 is 23.5 Å². The molecular weight excluding hydrogens is 281 g/mol. The van der Waals surface area contributed by atoms with Gasteiger partial charge in [0.2, 0.25) is 0 Å². The molecule has 1 unspecified atom stereocenters. The topological polar surface area (TPSA) is 32.3 Å². The Labute approximate surface area is 121 Å². The Morgan fingerprint density at radius 1 is 1.14 bits per heavy atom. The zero-order chi connectivity index (χ0) is 15.8. The van der Waals surface area contributed by atoms with Gasteiger partial charge in [-0.25, -0.2) is 5.43 Å². The summed E-state index contributed by atoms with van der Waals surface area (Å²) in [4.78, 5) is 11.7. The molecular formula is C15H17F3N2O. The maximum Gasteiger partial charge on any atom is 0.454 e. The van der Waals surface area contributed by atoms with Gasteiger partial charge in [-0.2, -0.15) is 13.2 Å². The largest absolute Gasteiger partial charge is 0.454 e. The summed E-state index contributed by atoms with van der Waals surface area (Å²) in [5, 5.41) is 1.55. The van der Waals surface area contributed by atoms with Gasteiger partial charge >= 0.3 is 6.18 Å². The van der Waals surface area contributed by atoms with E-state index in [1.807, 2.05) is 20.8 Å². The SMILES string of the molecule is CC(C)(C)N1C=C(C(=O)C(F)(F)F)C(c2ccccc2)N1. The Balaban J connectivity index is 2.41.